The zero-order chi connectivity index (χ0) is 19.6. The summed E-state index contributed by atoms with van der Waals surface area (Å²) in [5, 5.41) is 0. The van der Waals surface area contributed by atoms with Gasteiger partial charge in [-0.2, -0.15) is 0 Å². The summed E-state index contributed by atoms with van der Waals surface area (Å²) in [6, 6.07) is 13.2. The van der Waals surface area contributed by atoms with Crippen molar-refractivity contribution in [1.29, 1.82) is 0 Å². The minimum Gasteiger partial charge on any atom is -0.494 e. The Bertz CT molecular complexity index is 777. The molecule has 27 heavy (non-hydrogen) atoms. The lowest BCUT2D eigenvalue weighted by atomic mass is 10.2. The Hall–Kier alpha value is -3.28. The number of carbonyl (C=O) groups is 2. The van der Waals surface area contributed by atoms with Crippen LogP contribution in [0.2, 0.25) is 0 Å². The summed E-state index contributed by atoms with van der Waals surface area (Å²) < 4.78 is 21.0. The molecule has 0 fully saturated rings. The zero-order valence-corrected chi connectivity index (χ0v) is 15.4. The van der Waals surface area contributed by atoms with Crippen LogP contribution in [0.4, 0.5) is 0 Å². The molecular formula is C21H22O6. The Kier molecular flexibility index (Phi) is 7.43. The fourth-order valence-corrected chi connectivity index (χ4v) is 2.13. The molecule has 2 aromatic carbocycles. The van der Waals surface area contributed by atoms with Gasteiger partial charge in [-0.1, -0.05) is 6.58 Å². The van der Waals surface area contributed by atoms with Gasteiger partial charge in [0.1, 0.15) is 23.0 Å². The van der Waals surface area contributed by atoms with E-state index in [1.807, 2.05) is 13.8 Å². The Morgan fingerprint density at radius 3 is 1.59 bits per heavy atom. The monoisotopic (exact) mass is 370 g/mol. The van der Waals surface area contributed by atoms with E-state index < -0.39 is 11.9 Å². The van der Waals surface area contributed by atoms with E-state index in [1.54, 1.807) is 48.5 Å². The van der Waals surface area contributed by atoms with Crippen molar-refractivity contribution in [3.05, 3.63) is 60.7 Å². The van der Waals surface area contributed by atoms with Gasteiger partial charge in [-0.15, -0.1) is 0 Å². The van der Waals surface area contributed by atoms with Crippen molar-refractivity contribution < 1.29 is 28.5 Å². The summed E-state index contributed by atoms with van der Waals surface area (Å²) in [4.78, 5) is 24.0. The number of rotatable bonds is 9. The van der Waals surface area contributed by atoms with Crippen LogP contribution in [0, 0.1) is 0 Å². The standard InChI is InChI=1S/C21H22O6/c1-4-24-16-6-10-18(11-7-16)26-20(22)14-15(3)21(23)27-19-12-8-17(9-13-19)25-5-2/h6-13H,3-5,14H2,1-2H3. The van der Waals surface area contributed by atoms with Crippen LogP contribution in [-0.2, 0) is 9.59 Å². The molecule has 0 radical (unpaired) electrons. The molecule has 0 amide bonds. The van der Waals surface area contributed by atoms with E-state index in [0.717, 1.165) is 0 Å². The second-order valence-electron chi connectivity index (χ2n) is 5.45. The smallest absolute Gasteiger partial charge is 0.339 e. The molecule has 0 atom stereocenters. The largest absolute Gasteiger partial charge is 0.494 e. The maximum absolute atomic E-state index is 12.1. The van der Waals surface area contributed by atoms with Crippen LogP contribution in [0.1, 0.15) is 20.3 Å². The molecule has 0 bridgehead atoms. The van der Waals surface area contributed by atoms with Gasteiger partial charge in [0.05, 0.1) is 19.6 Å². The van der Waals surface area contributed by atoms with Crippen LogP contribution >= 0.6 is 0 Å². The first-order valence-corrected chi connectivity index (χ1v) is 8.58. The molecule has 6 heteroatoms. The molecule has 0 N–H and O–H groups in total. The van der Waals surface area contributed by atoms with Gasteiger partial charge in [0, 0.05) is 5.57 Å². The summed E-state index contributed by atoms with van der Waals surface area (Å²) in [5.41, 5.74) is -0.000166. The molecule has 0 spiro atoms. The predicted molar refractivity (Wildman–Crippen MR) is 100 cm³/mol. The summed E-state index contributed by atoms with van der Waals surface area (Å²) in [6.45, 7) is 8.46. The SMILES string of the molecule is C=C(CC(=O)Oc1ccc(OCC)cc1)C(=O)Oc1ccc(OCC)cc1. The lowest BCUT2D eigenvalue weighted by molar-refractivity contribution is -0.136. The predicted octanol–water partition coefficient (Wildman–Crippen LogP) is 3.94. The molecule has 0 aliphatic carbocycles. The lowest BCUT2D eigenvalue weighted by Crippen LogP contribution is -2.16. The van der Waals surface area contributed by atoms with Crippen LogP contribution in [-0.4, -0.2) is 25.2 Å². The number of ether oxygens (including phenoxy) is 4. The van der Waals surface area contributed by atoms with Gasteiger partial charge in [0.25, 0.3) is 0 Å². The second-order valence-corrected chi connectivity index (χ2v) is 5.45. The van der Waals surface area contributed by atoms with Gasteiger partial charge in [-0.3, -0.25) is 4.79 Å². The topological polar surface area (TPSA) is 71.1 Å². The Labute approximate surface area is 158 Å². The van der Waals surface area contributed by atoms with Gasteiger partial charge in [-0.25, -0.2) is 4.79 Å². The third-order valence-corrected chi connectivity index (χ3v) is 3.36. The van der Waals surface area contributed by atoms with Gasteiger partial charge in [0.2, 0.25) is 0 Å². The Balaban J connectivity index is 1.83. The third-order valence-electron chi connectivity index (χ3n) is 3.36. The molecule has 0 aromatic heterocycles. The molecular weight excluding hydrogens is 348 g/mol. The molecule has 0 unspecified atom stereocenters. The zero-order valence-electron chi connectivity index (χ0n) is 15.4. The number of hydrogen-bond donors (Lipinski definition) is 0. The van der Waals surface area contributed by atoms with Crippen molar-refractivity contribution in [3.8, 4) is 23.0 Å². The van der Waals surface area contributed by atoms with Crippen molar-refractivity contribution in [3.63, 3.8) is 0 Å². The highest BCUT2D eigenvalue weighted by atomic mass is 16.5. The average molecular weight is 370 g/mol. The van der Waals surface area contributed by atoms with E-state index in [0.29, 0.717) is 36.2 Å². The van der Waals surface area contributed by atoms with Gasteiger partial charge < -0.3 is 18.9 Å². The molecule has 6 nitrogen and oxygen atoms in total. The van der Waals surface area contributed by atoms with Crippen molar-refractivity contribution in [2.45, 2.75) is 20.3 Å². The quantitative estimate of drug-likeness (QED) is 0.378. The number of esters is 2. The van der Waals surface area contributed by atoms with Crippen LogP contribution < -0.4 is 18.9 Å². The fraction of sp³-hybridized carbons (Fsp3) is 0.238. The lowest BCUT2D eigenvalue weighted by Gasteiger charge is -2.09. The molecule has 142 valence electrons. The van der Waals surface area contributed by atoms with Crippen molar-refractivity contribution >= 4 is 11.9 Å². The van der Waals surface area contributed by atoms with E-state index in [1.165, 1.54) is 0 Å². The minimum atomic E-state index is -0.692. The Morgan fingerprint density at radius 2 is 1.15 bits per heavy atom. The van der Waals surface area contributed by atoms with E-state index in [9.17, 15) is 9.59 Å². The van der Waals surface area contributed by atoms with E-state index in [2.05, 4.69) is 6.58 Å². The van der Waals surface area contributed by atoms with Crippen LogP contribution in [0.3, 0.4) is 0 Å². The highest BCUT2D eigenvalue weighted by molar-refractivity contribution is 5.94. The van der Waals surface area contributed by atoms with Crippen LogP contribution in [0.25, 0.3) is 0 Å². The average Bonchev–Trinajstić information content (AvgIpc) is 2.65. The maximum Gasteiger partial charge on any atom is 0.339 e. The summed E-state index contributed by atoms with van der Waals surface area (Å²) in [5.74, 6) is 0.756. The van der Waals surface area contributed by atoms with Crippen molar-refractivity contribution in [1.82, 2.24) is 0 Å². The van der Waals surface area contributed by atoms with E-state index >= 15 is 0 Å². The number of carbonyl (C=O) groups excluding carboxylic acids is 2. The van der Waals surface area contributed by atoms with E-state index in [-0.39, 0.29) is 12.0 Å². The molecule has 0 aliphatic heterocycles. The maximum atomic E-state index is 12.1. The molecule has 0 saturated heterocycles. The molecule has 2 aromatic rings. The molecule has 0 heterocycles. The minimum absolute atomic E-state index is 0.000166. The normalized spacial score (nSPS) is 10.0. The fourth-order valence-electron chi connectivity index (χ4n) is 2.13. The van der Waals surface area contributed by atoms with Gasteiger partial charge in [-0.05, 0) is 62.4 Å². The Morgan fingerprint density at radius 1 is 0.741 bits per heavy atom. The molecule has 0 saturated carbocycles. The highest BCUT2D eigenvalue weighted by Crippen LogP contribution is 2.20. The number of hydrogen-bond acceptors (Lipinski definition) is 6. The van der Waals surface area contributed by atoms with Crippen molar-refractivity contribution in [2.75, 3.05) is 13.2 Å². The second kappa shape index (κ2) is 10.0. The first-order chi connectivity index (χ1) is 13.0. The highest BCUT2D eigenvalue weighted by Gasteiger charge is 2.16. The summed E-state index contributed by atoms with van der Waals surface area (Å²) >= 11 is 0. The first-order valence-electron chi connectivity index (χ1n) is 8.58. The first kappa shape index (κ1) is 20.0. The van der Waals surface area contributed by atoms with Gasteiger partial charge in [0.15, 0.2) is 0 Å². The third kappa shape index (κ3) is 6.51. The summed E-state index contributed by atoms with van der Waals surface area (Å²) in [6.07, 6.45) is -0.275. The summed E-state index contributed by atoms with van der Waals surface area (Å²) in [7, 11) is 0. The van der Waals surface area contributed by atoms with Crippen molar-refractivity contribution in [2.24, 2.45) is 0 Å². The molecule has 0 aliphatic rings. The van der Waals surface area contributed by atoms with E-state index in [4.69, 9.17) is 18.9 Å². The number of benzene rings is 2. The van der Waals surface area contributed by atoms with Crippen LogP contribution in [0.15, 0.2) is 60.7 Å². The van der Waals surface area contributed by atoms with Gasteiger partial charge >= 0.3 is 11.9 Å². The van der Waals surface area contributed by atoms with Crippen LogP contribution in [0.5, 0.6) is 23.0 Å². The molecule has 2 rings (SSSR count).